The normalized spacial score (nSPS) is 21.3. The summed E-state index contributed by atoms with van der Waals surface area (Å²) < 4.78 is 23.9. The highest BCUT2D eigenvalue weighted by molar-refractivity contribution is 7.91. The molecule has 0 spiro atoms. The third-order valence-corrected chi connectivity index (χ3v) is 5.24. The van der Waals surface area contributed by atoms with Crippen LogP contribution in [0.25, 0.3) is 10.9 Å². The van der Waals surface area contributed by atoms with Crippen molar-refractivity contribution in [3.63, 3.8) is 0 Å². The first kappa shape index (κ1) is 12.9. The van der Waals surface area contributed by atoms with Crippen molar-refractivity contribution < 1.29 is 13.5 Å². The van der Waals surface area contributed by atoms with Crippen LogP contribution in [0.15, 0.2) is 27.8 Å². The Morgan fingerprint density at radius 2 is 2.05 bits per heavy atom. The quantitative estimate of drug-likeness (QED) is 0.754. The Hall–Kier alpha value is -2.09. The Bertz CT molecular complexity index is 910. The van der Waals surface area contributed by atoms with Crippen molar-refractivity contribution >= 4 is 20.7 Å². The lowest BCUT2D eigenvalue weighted by Crippen LogP contribution is -2.38. The highest BCUT2D eigenvalue weighted by Crippen LogP contribution is 2.21. The molecule has 8 heteroatoms. The van der Waals surface area contributed by atoms with Crippen LogP contribution in [-0.2, 0) is 9.84 Å². The molecular formula is C12H12N2O5S. The molecule has 0 radical (unpaired) electrons. The van der Waals surface area contributed by atoms with Crippen LogP contribution in [-0.4, -0.2) is 34.6 Å². The fourth-order valence-corrected chi connectivity index (χ4v) is 4.23. The number of aromatic nitrogens is 2. The zero-order valence-corrected chi connectivity index (χ0v) is 11.2. The van der Waals surface area contributed by atoms with E-state index in [9.17, 15) is 23.1 Å². The van der Waals surface area contributed by atoms with E-state index in [1.807, 2.05) is 0 Å². The van der Waals surface area contributed by atoms with Crippen molar-refractivity contribution in [3.05, 3.63) is 39.0 Å². The van der Waals surface area contributed by atoms with Crippen LogP contribution in [0.3, 0.4) is 0 Å². The Labute approximate surface area is 113 Å². The molecule has 3 rings (SSSR count). The monoisotopic (exact) mass is 296 g/mol. The Balaban J connectivity index is 2.25. The molecule has 2 heterocycles. The fraction of sp³-hybridized carbons (Fsp3) is 0.333. The standard InChI is InChI=1S/C12H12N2O5S/c15-8-1-2-9-10(5-8)13-12(17)14(11(9)16)7-3-4-20(18,19)6-7/h1-2,5,7,15H,3-4,6H2,(H,13,17). The summed E-state index contributed by atoms with van der Waals surface area (Å²) in [5.74, 6) is -0.273. The first-order chi connectivity index (χ1) is 9.37. The van der Waals surface area contributed by atoms with E-state index < -0.39 is 27.1 Å². The van der Waals surface area contributed by atoms with Crippen LogP contribution in [0.2, 0.25) is 0 Å². The predicted octanol–water partition coefficient (Wildman–Crippen LogP) is -0.245. The lowest BCUT2D eigenvalue weighted by atomic mass is 10.2. The number of nitrogens with one attached hydrogen (secondary N) is 1. The van der Waals surface area contributed by atoms with Gasteiger partial charge in [-0.2, -0.15) is 0 Å². The van der Waals surface area contributed by atoms with Crippen molar-refractivity contribution in [2.24, 2.45) is 0 Å². The topological polar surface area (TPSA) is 109 Å². The first-order valence-electron chi connectivity index (χ1n) is 6.05. The van der Waals surface area contributed by atoms with E-state index in [2.05, 4.69) is 4.98 Å². The molecule has 2 N–H and O–H groups in total. The molecule has 1 saturated heterocycles. The number of hydrogen-bond acceptors (Lipinski definition) is 5. The van der Waals surface area contributed by atoms with Crippen LogP contribution < -0.4 is 11.2 Å². The summed E-state index contributed by atoms with van der Waals surface area (Å²) in [6, 6.07) is 3.41. The molecule has 1 unspecified atom stereocenters. The molecule has 1 atom stereocenters. The molecule has 7 nitrogen and oxygen atoms in total. The maximum Gasteiger partial charge on any atom is 0.329 e. The Kier molecular flexibility index (Phi) is 2.72. The molecule has 1 aromatic heterocycles. The van der Waals surface area contributed by atoms with Crippen molar-refractivity contribution in [2.75, 3.05) is 11.5 Å². The molecule has 106 valence electrons. The number of aromatic amines is 1. The average molecular weight is 296 g/mol. The zero-order valence-electron chi connectivity index (χ0n) is 10.4. The molecule has 0 bridgehead atoms. The fourth-order valence-electron chi connectivity index (χ4n) is 2.53. The maximum atomic E-state index is 12.3. The van der Waals surface area contributed by atoms with Gasteiger partial charge in [0, 0.05) is 6.07 Å². The molecule has 2 aromatic rings. The lowest BCUT2D eigenvalue weighted by Gasteiger charge is -2.11. The van der Waals surface area contributed by atoms with Crippen molar-refractivity contribution in [1.82, 2.24) is 9.55 Å². The third kappa shape index (κ3) is 2.01. The molecule has 0 aliphatic carbocycles. The van der Waals surface area contributed by atoms with E-state index in [4.69, 9.17) is 0 Å². The van der Waals surface area contributed by atoms with E-state index in [0.29, 0.717) is 0 Å². The second kappa shape index (κ2) is 4.20. The number of fused-ring (bicyclic) bond motifs is 1. The summed E-state index contributed by atoms with van der Waals surface area (Å²) in [7, 11) is -3.19. The van der Waals surface area contributed by atoms with Gasteiger partial charge in [-0.1, -0.05) is 0 Å². The minimum atomic E-state index is -3.19. The molecule has 1 fully saturated rings. The second-order valence-corrected chi connectivity index (χ2v) is 7.12. The summed E-state index contributed by atoms with van der Waals surface area (Å²) in [6.07, 6.45) is 0.259. The number of H-pyrrole nitrogens is 1. The third-order valence-electron chi connectivity index (χ3n) is 3.49. The second-order valence-electron chi connectivity index (χ2n) is 4.89. The van der Waals surface area contributed by atoms with E-state index in [0.717, 1.165) is 4.57 Å². The van der Waals surface area contributed by atoms with Crippen molar-refractivity contribution in [3.8, 4) is 5.75 Å². The van der Waals surface area contributed by atoms with Crippen LogP contribution in [0, 0.1) is 0 Å². The van der Waals surface area contributed by atoms with Gasteiger partial charge in [0.2, 0.25) is 0 Å². The molecule has 1 aliphatic heterocycles. The van der Waals surface area contributed by atoms with Gasteiger partial charge in [0.15, 0.2) is 9.84 Å². The summed E-state index contributed by atoms with van der Waals surface area (Å²) in [4.78, 5) is 26.8. The average Bonchev–Trinajstić information content (AvgIpc) is 2.69. The van der Waals surface area contributed by atoms with E-state index in [1.165, 1.54) is 18.2 Å². The van der Waals surface area contributed by atoms with Gasteiger partial charge >= 0.3 is 5.69 Å². The Morgan fingerprint density at radius 3 is 2.70 bits per heavy atom. The summed E-state index contributed by atoms with van der Waals surface area (Å²) in [5, 5.41) is 9.59. The minimum Gasteiger partial charge on any atom is -0.508 e. The summed E-state index contributed by atoms with van der Waals surface area (Å²) >= 11 is 0. The number of benzene rings is 1. The van der Waals surface area contributed by atoms with Crippen LogP contribution in [0.4, 0.5) is 0 Å². The van der Waals surface area contributed by atoms with Crippen molar-refractivity contribution in [1.29, 1.82) is 0 Å². The van der Waals surface area contributed by atoms with Gasteiger partial charge < -0.3 is 10.1 Å². The zero-order chi connectivity index (χ0) is 14.5. The molecule has 1 aliphatic rings. The highest BCUT2D eigenvalue weighted by atomic mass is 32.2. The van der Waals surface area contributed by atoms with Gasteiger partial charge in [-0.05, 0) is 18.6 Å². The molecular weight excluding hydrogens is 284 g/mol. The SMILES string of the molecule is O=c1[nH]c2cc(O)ccc2c(=O)n1C1CCS(=O)(=O)C1. The number of hydrogen-bond donors (Lipinski definition) is 2. The van der Waals surface area contributed by atoms with Crippen LogP contribution in [0.5, 0.6) is 5.75 Å². The number of sulfone groups is 1. The van der Waals surface area contributed by atoms with Gasteiger partial charge in [0.25, 0.3) is 5.56 Å². The van der Waals surface area contributed by atoms with Gasteiger partial charge in [0.05, 0.1) is 28.5 Å². The number of phenols is 1. The van der Waals surface area contributed by atoms with E-state index >= 15 is 0 Å². The van der Waals surface area contributed by atoms with Crippen LogP contribution >= 0.6 is 0 Å². The molecule has 20 heavy (non-hydrogen) atoms. The lowest BCUT2D eigenvalue weighted by molar-refractivity contribution is 0.475. The minimum absolute atomic E-state index is 0.0167. The van der Waals surface area contributed by atoms with E-state index in [1.54, 1.807) is 0 Å². The highest BCUT2D eigenvalue weighted by Gasteiger charge is 2.31. The maximum absolute atomic E-state index is 12.3. The predicted molar refractivity (Wildman–Crippen MR) is 72.8 cm³/mol. The van der Waals surface area contributed by atoms with E-state index in [-0.39, 0.29) is 34.6 Å². The van der Waals surface area contributed by atoms with Gasteiger partial charge in [0.1, 0.15) is 5.75 Å². The number of aromatic hydroxyl groups is 1. The van der Waals surface area contributed by atoms with Gasteiger partial charge in [-0.3, -0.25) is 9.36 Å². The number of rotatable bonds is 1. The van der Waals surface area contributed by atoms with Gasteiger partial charge in [-0.25, -0.2) is 13.2 Å². The largest absolute Gasteiger partial charge is 0.508 e. The Morgan fingerprint density at radius 1 is 1.30 bits per heavy atom. The van der Waals surface area contributed by atoms with Crippen LogP contribution in [0.1, 0.15) is 12.5 Å². The van der Waals surface area contributed by atoms with Gasteiger partial charge in [-0.15, -0.1) is 0 Å². The summed E-state index contributed by atoms with van der Waals surface area (Å²) in [6.45, 7) is 0. The number of nitrogens with zero attached hydrogens (tertiary/aromatic N) is 1. The smallest absolute Gasteiger partial charge is 0.329 e. The number of phenolic OH excluding ortho intramolecular Hbond substituents is 1. The molecule has 0 saturated carbocycles. The summed E-state index contributed by atoms with van der Waals surface area (Å²) in [5.41, 5.74) is -0.960. The first-order valence-corrected chi connectivity index (χ1v) is 7.87. The molecule has 0 amide bonds. The van der Waals surface area contributed by atoms with Crippen molar-refractivity contribution in [2.45, 2.75) is 12.5 Å². The molecule has 1 aromatic carbocycles.